The third-order valence-corrected chi connectivity index (χ3v) is 5.38. The largest absolute Gasteiger partial charge is 0.497 e. The fourth-order valence-corrected chi connectivity index (χ4v) is 3.90. The lowest BCUT2D eigenvalue weighted by Gasteiger charge is -2.14. The topological polar surface area (TPSA) is 67.3 Å². The minimum absolute atomic E-state index is 0.246. The van der Waals surface area contributed by atoms with Gasteiger partial charge in [-0.05, 0) is 35.4 Å². The standard InChI is InChI=1S/C21H18FN3O2S/c1-27-16-8-4-13(5-9-16)17-11-28-21-19(17)20(24-12-25-21)23-10-18(26)14-2-6-15(22)7-3-14/h2-9,11-12,18,26H,10H2,1H3,(H,23,24,25)/t18-/m0/s1. The summed E-state index contributed by atoms with van der Waals surface area (Å²) in [5.41, 5.74) is 2.69. The van der Waals surface area contributed by atoms with Crippen molar-refractivity contribution < 1.29 is 14.2 Å². The van der Waals surface area contributed by atoms with E-state index in [9.17, 15) is 9.50 Å². The Labute approximate surface area is 165 Å². The molecule has 28 heavy (non-hydrogen) atoms. The van der Waals surface area contributed by atoms with Crippen LogP contribution in [0.15, 0.2) is 60.2 Å². The molecule has 2 N–H and O–H groups in total. The minimum atomic E-state index is -0.784. The summed E-state index contributed by atoms with van der Waals surface area (Å²) in [6.07, 6.45) is 0.720. The van der Waals surface area contributed by atoms with Gasteiger partial charge in [-0.3, -0.25) is 0 Å². The first-order chi connectivity index (χ1) is 13.7. The van der Waals surface area contributed by atoms with Crippen molar-refractivity contribution in [2.75, 3.05) is 19.0 Å². The van der Waals surface area contributed by atoms with Crippen molar-refractivity contribution in [2.24, 2.45) is 0 Å². The minimum Gasteiger partial charge on any atom is -0.497 e. The van der Waals surface area contributed by atoms with Crippen LogP contribution in [-0.2, 0) is 0 Å². The molecule has 0 amide bonds. The number of aromatic nitrogens is 2. The van der Waals surface area contributed by atoms with Crippen molar-refractivity contribution in [3.8, 4) is 16.9 Å². The number of benzene rings is 2. The maximum atomic E-state index is 13.1. The Morgan fingerprint density at radius 3 is 2.57 bits per heavy atom. The summed E-state index contributed by atoms with van der Waals surface area (Å²) in [4.78, 5) is 9.58. The Bertz CT molecular complexity index is 1080. The molecule has 0 unspecified atom stereocenters. The molecule has 0 spiro atoms. The number of rotatable bonds is 6. The van der Waals surface area contributed by atoms with E-state index < -0.39 is 6.10 Å². The van der Waals surface area contributed by atoms with E-state index >= 15 is 0 Å². The van der Waals surface area contributed by atoms with Crippen molar-refractivity contribution >= 4 is 27.4 Å². The second kappa shape index (κ2) is 7.92. The van der Waals surface area contributed by atoms with Gasteiger partial charge in [-0.25, -0.2) is 14.4 Å². The zero-order chi connectivity index (χ0) is 19.5. The fourth-order valence-electron chi connectivity index (χ4n) is 2.99. The summed E-state index contributed by atoms with van der Waals surface area (Å²) in [5, 5.41) is 16.6. The predicted molar refractivity (Wildman–Crippen MR) is 109 cm³/mol. The van der Waals surface area contributed by atoms with Crippen LogP contribution in [0, 0.1) is 5.82 Å². The molecule has 0 aliphatic heterocycles. The molecular weight excluding hydrogens is 377 g/mol. The zero-order valence-corrected chi connectivity index (χ0v) is 15.9. The van der Waals surface area contributed by atoms with Gasteiger partial charge in [0, 0.05) is 17.5 Å². The molecule has 7 heteroatoms. The summed E-state index contributed by atoms with van der Waals surface area (Å²) in [6, 6.07) is 13.6. The molecule has 0 radical (unpaired) electrons. The number of fused-ring (bicyclic) bond motifs is 1. The van der Waals surface area contributed by atoms with Gasteiger partial charge in [0.15, 0.2) is 0 Å². The van der Waals surface area contributed by atoms with E-state index in [2.05, 4.69) is 15.3 Å². The first-order valence-corrected chi connectivity index (χ1v) is 9.57. The number of anilines is 1. The number of methoxy groups -OCH3 is 1. The number of nitrogens with zero attached hydrogens (tertiary/aromatic N) is 2. The molecule has 4 rings (SSSR count). The normalized spacial score (nSPS) is 12.1. The Balaban J connectivity index is 1.62. The monoisotopic (exact) mass is 395 g/mol. The van der Waals surface area contributed by atoms with Crippen molar-refractivity contribution in [1.82, 2.24) is 9.97 Å². The van der Waals surface area contributed by atoms with Crippen LogP contribution in [0.2, 0.25) is 0 Å². The van der Waals surface area contributed by atoms with E-state index in [1.54, 1.807) is 19.2 Å². The summed E-state index contributed by atoms with van der Waals surface area (Å²) in [5.74, 6) is 1.11. The molecule has 0 saturated carbocycles. The van der Waals surface area contributed by atoms with E-state index in [4.69, 9.17) is 4.74 Å². The van der Waals surface area contributed by atoms with Gasteiger partial charge >= 0.3 is 0 Å². The Morgan fingerprint density at radius 1 is 1.11 bits per heavy atom. The van der Waals surface area contributed by atoms with E-state index in [1.165, 1.54) is 29.8 Å². The summed E-state index contributed by atoms with van der Waals surface area (Å²) in [6.45, 7) is 0.246. The molecular formula is C21H18FN3O2S. The molecule has 0 aliphatic carbocycles. The highest BCUT2D eigenvalue weighted by Crippen LogP contribution is 2.37. The van der Waals surface area contributed by atoms with Crippen LogP contribution in [0.3, 0.4) is 0 Å². The van der Waals surface area contributed by atoms with Crippen molar-refractivity contribution in [3.63, 3.8) is 0 Å². The number of ether oxygens (including phenoxy) is 1. The smallest absolute Gasteiger partial charge is 0.138 e. The SMILES string of the molecule is COc1ccc(-c2csc3ncnc(NC[C@H](O)c4ccc(F)cc4)c23)cc1. The van der Waals surface area contributed by atoms with Crippen LogP contribution in [0.25, 0.3) is 21.3 Å². The number of nitrogens with one attached hydrogen (secondary N) is 1. The van der Waals surface area contributed by atoms with Gasteiger partial charge < -0.3 is 15.2 Å². The lowest BCUT2D eigenvalue weighted by atomic mass is 10.1. The molecule has 2 aromatic heterocycles. The predicted octanol–water partition coefficient (Wildman–Crippen LogP) is 4.65. The van der Waals surface area contributed by atoms with Crippen LogP contribution >= 0.6 is 11.3 Å². The van der Waals surface area contributed by atoms with E-state index in [0.29, 0.717) is 11.4 Å². The van der Waals surface area contributed by atoms with Gasteiger partial charge in [0.2, 0.25) is 0 Å². The van der Waals surface area contributed by atoms with E-state index in [-0.39, 0.29) is 12.4 Å². The molecule has 2 heterocycles. The highest BCUT2D eigenvalue weighted by Gasteiger charge is 2.15. The van der Waals surface area contributed by atoms with Crippen LogP contribution < -0.4 is 10.1 Å². The summed E-state index contributed by atoms with van der Waals surface area (Å²) >= 11 is 1.54. The third kappa shape index (κ3) is 3.67. The molecule has 4 aromatic rings. The van der Waals surface area contributed by atoms with Crippen LogP contribution in [0.5, 0.6) is 5.75 Å². The molecule has 2 aromatic carbocycles. The Hall–Kier alpha value is -3.03. The van der Waals surface area contributed by atoms with Crippen molar-refractivity contribution in [2.45, 2.75) is 6.10 Å². The van der Waals surface area contributed by atoms with Crippen molar-refractivity contribution in [3.05, 3.63) is 71.6 Å². The number of halogens is 1. The lowest BCUT2D eigenvalue weighted by Crippen LogP contribution is -2.13. The summed E-state index contributed by atoms with van der Waals surface area (Å²) in [7, 11) is 1.64. The Morgan fingerprint density at radius 2 is 1.86 bits per heavy atom. The second-order valence-electron chi connectivity index (χ2n) is 6.23. The molecule has 1 atom stereocenters. The number of aliphatic hydroxyl groups excluding tert-OH is 1. The Kier molecular flexibility index (Phi) is 5.18. The highest BCUT2D eigenvalue weighted by atomic mass is 32.1. The maximum absolute atomic E-state index is 13.1. The van der Waals surface area contributed by atoms with E-state index in [0.717, 1.165) is 27.1 Å². The number of thiophene rings is 1. The number of hydrogen-bond acceptors (Lipinski definition) is 6. The number of hydrogen-bond donors (Lipinski definition) is 2. The summed E-state index contributed by atoms with van der Waals surface area (Å²) < 4.78 is 18.3. The molecule has 0 bridgehead atoms. The lowest BCUT2D eigenvalue weighted by molar-refractivity contribution is 0.191. The first-order valence-electron chi connectivity index (χ1n) is 8.69. The third-order valence-electron chi connectivity index (χ3n) is 4.49. The maximum Gasteiger partial charge on any atom is 0.138 e. The van der Waals surface area contributed by atoms with Gasteiger partial charge in [-0.15, -0.1) is 11.3 Å². The van der Waals surface area contributed by atoms with Gasteiger partial charge in [0.1, 0.15) is 28.5 Å². The van der Waals surface area contributed by atoms with Crippen LogP contribution in [0.4, 0.5) is 10.2 Å². The fraction of sp³-hybridized carbons (Fsp3) is 0.143. The van der Waals surface area contributed by atoms with Crippen molar-refractivity contribution in [1.29, 1.82) is 0 Å². The zero-order valence-electron chi connectivity index (χ0n) is 15.1. The molecule has 142 valence electrons. The average molecular weight is 395 g/mol. The average Bonchev–Trinajstić information content (AvgIpc) is 3.17. The molecule has 0 aliphatic rings. The molecule has 0 fully saturated rings. The van der Waals surface area contributed by atoms with Gasteiger partial charge in [0.05, 0.1) is 18.6 Å². The number of aliphatic hydroxyl groups is 1. The van der Waals surface area contributed by atoms with E-state index in [1.807, 2.05) is 29.6 Å². The molecule has 5 nitrogen and oxygen atoms in total. The molecule has 0 saturated heterocycles. The quantitative estimate of drug-likeness (QED) is 0.497. The van der Waals surface area contributed by atoms with Crippen LogP contribution in [-0.4, -0.2) is 28.7 Å². The first kappa shape index (κ1) is 18.3. The second-order valence-corrected chi connectivity index (χ2v) is 7.09. The van der Waals surface area contributed by atoms with Gasteiger partial charge in [-0.2, -0.15) is 0 Å². The van der Waals surface area contributed by atoms with Gasteiger partial charge in [0.25, 0.3) is 0 Å². The highest BCUT2D eigenvalue weighted by molar-refractivity contribution is 7.17. The van der Waals surface area contributed by atoms with Gasteiger partial charge in [-0.1, -0.05) is 24.3 Å². The van der Waals surface area contributed by atoms with Crippen LogP contribution in [0.1, 0.15) is 11.7 Å².